The van der Waals surface area contributed by atoms with Crippen LogP contribution in [0.5, 0.6) is 0 Å². The predicted molar refractivity (Wildman–Crippen MR) is 89.7 cm³/mol. The average molecular weight is 371 g/mol. The molecule has 0 saturated carbocycles. The first-order valence-corrected chi connectivity index (χ1v) is 8.73. The van der Waals surface area contributed by atoms with Gasteiger partial charge in [0.25, 0.3) is 0 Å². The van der Waals surface area contributed by atoms with Gasteiger partial charge in [-0.2, -0.15) is 0 Å². The van der Waals surface area contributed by atoms with Crippen molar-refractivity contribution in [1.29, 1.82) is 0 Å². The molecule has 2 bridgehead atoms. The van der Waals surface area contributed by atoms with E-state index in [2.05, 4.69) is 0 Å². The van der Waals surface area contributed by atoms with Gasteiger partial charge in [-0.3, -0.25) is 9.59 Å². The van der Waals surface area contributed by atoms with Crippen LogP contribution in [0.1, 0.15) is 10.4 Å². The van der Waals surface area contributed by atoms with Crippen LogP contribution in [0.3, 0.4) is 0 Å². The lowest BCUT2D eigenvalue weighted by Crippen LogP contribution is -2.49. The van der Waals surface area contributed by atoms with E-state index in [0.29, 0.717) is 18.9 Å². The molecule has 0 aliphatic carbocycles. The zero-order chi connectivity index (χ0) is 18.8. The van der Waals surface area contributed by atoms with E-state index >= 15 is 0 Å². The van der Waals surface area contributed by atoms with Crippen molar-refractivity contribution in [3.8, 4) is 0 Å². The van der Waals surface area contributed by atoms with E-state index in [4.69, 9.17) is 18.9 Å². The summed E-state index contributed by atoms with van der Waals surface area (Å²) in [5, 5.41) is 0. The molecule has 8 heteroatoms. The van der Waals surface area contributed by atoms with Crippen molar-refractivity contribution in [1.82, 2.24) is 0 Å². The van der Waals surface area contributed by atoms with Crippen LogP contribution in [0, 0.1) is 11.8 Å². The average Bonchev–Trinajstić information content (AvgIpc) is 3.45. The largest absolute Gasteiger partial charge is 0.465 e. The first-order valence-electron chi connectivity index (χ1n) is 8.73. The molecule has 0 N–H and O–H groups in total. The molecule has 1 aromatic rings. The van der Waals surface area contributed by atoms with Gasteiger partial charge in [0.2, 0.25) is 11.8 Å². The van der Waals surface area contributed by atoms with Crippen LogP contribution in [-0.2, 0) is 28.5 Å². The number of benzene rings is 1. The van der Waals surface area contributed by atoms with Crippen LogP contribution in [-0.4, -0.2) is 56.1 Å². The van der Waals surface area contributed by atoms with Crippen molar-refractivity contribution >= 4 is 23.5 Å². The van der Waals surface area contributed by atoms with Crippen LogP contribution >= 0.6 is 0 Å². The molecule has 5 rings (SSSR count). The van der Waals surface area contributed by atoms with Crippen molar-refractivity contribution in [3.63, 3.8) is 0 Å². The Hall–Kier alpha value is -2.55. The number of carbonyl (C=O) groups is 3. The van der Waals surface area contributed by atoms with E-state index in [-0.39, 0.29) is 17.4 Å². The number of rotatable bonds is 3. The quantitative estimate of drug-likeness (QED) is 0.438. The van der Waals surface area contributed by atoms with Crippen molar-refractivity contribution in [3.05, 3.63) is 42.0 Å². The summed E-state index contributed by atoms with van der Waals surface area (Å²) in [5.74, 6) is -2.60. The number of imide groups is 1. The second kappa shape index (κ2) is 5.72. The molecule has 1 aromatic carbocycles. The maximum absolute atomic E-state index is 13.3. The minimum absolute atomic E-state index is 0.266. The summed E-state index contributed by atoms with van der Waals surface area (Å²) in [6.45, 7) is 0.831. The molecule has 8 nitrogen and oxygen atoms in total. The monoisotopic (exact) mass is 371 g/mol. The fourth-order valence-corrected chi connectivity index (χ4v) is 4.47. The number of amides is 2. The first kappa shape index (κ1) is 16.6. The SMILES string of the molecule is COC(=O)c1cccc(N2C(=O)[C@H]3[C@H]4C=C[C@@](C5OCCO5)(O4)[C@H]3C2=O)c1. The van der Waals surface area contributed by atoms with Gasteiger partial charge in [-0.05, 0) is 24.3 Å². The van der Waals surface area contributed by atoms with Gasteiger partial charge < -0.3 is 18.9 Å². The van der Waals surface area contributed by atoms with Gasteiger partial charge in [-0.15, -0.1) is 0 Å². The van der Waals surface area contributed by atoms with Crippen molar-refractivity contribution in [2.24, 2.45) is 11.8 Å². The van der Waals surface area contributed by atoms with Crippen LogP contribution in [0.2, 0.25) is 0 Å². The number of esters is 1. The fraction of sp³-hybridized carbons (Fsp3) is 0.421. The Morgan fingerprint density at radius 1 is 1.22 bits per heavy atom. The molecule has 0 spiro atoms. The molecule has 27 heavy (non-hydrogen) atoms. The molecule has 140 valence electrons. The summed E-state index contributed by atoms with van der Waals surface area (Å²) >= 11 is 0. The highest BCUT2D eigenvalue weighted by molar-refractivity contribution is 6.23. The number of methoxy groups -OCH3 is 1. The summed E-state index contributed by atoms with van der Waals surface area (Å²) in [4.78, 5) is 39.3. The number of fused-ring (bicyclic) bond motifs is 5. The third-order valence-corrected chi connectivity index (χ3v) is 5.59. The number of ether oxygens (including phenoxy) is 4. The third kappa shape index (κ3) is 2.11. The highest BCUT2D eigenvalue weighted by atomic mass is 16.7. The minimum atomic E-state index is -1.09. The van der Waals surface area contributed by atoms with Gasteiger partial charge in [0, 0.05) is 0 Å². The summed E-state index contributed by atoms with van der Waals surface area (Å²) in [7, 11) is 1.28. The van der Waals surface area contributed by atoms with Gasteiger partial charge in [-0.1, -0.05) is 12.1 Å². The van der Waals surface area contributed by atoms with E-state index in [1.54, 1.807) is 30.4 Å². The van der Waals surface area contributed by atoms with Gasteiger partial charge in [0.1, 0.15) is 0 Å². The number of anilines is 1. The molecular formula is C19H17NO7. The van der Waals surface area contributed by atoms with Crippen LogP contribution < -0.4 is 4.90 Å². The second-order valence-corrected chi connectivity index (χ2v) is 6.93. The maximum Gasteiger partial charge on any atom is 0.337 e. The number of carbonyl (C=O) groups excluding carboxylic acids is 3. The number of hydrogen-bond acceptors (Lipinski definition) is 7. The Balaban J connectivity index is 1.53. The van der Waals surface area contributed by atoms with Gasteiger partial charge in [0.15, 0.2) is 11.9 Å². The van der Waals surface area contributed by atoms with E-state index in [9.17, 15) is 14.4 Å². The molecule has 4 aliphatic heterocycles. The Morgan fingerprint density at radius 2 is 2.00 bits per heavy atom. The minimum Gasteiger partial charge on any atom is -0.465 e. The lowest BCUT2D eigenvalue weighted by molar-refractivity contribution is -0.180. The molecule has 0 radical (unpaired) electrons. The van der Waals surface area contributed by atoms with E-state index < -0.39 is 35.8 Å². The summed E-state index contributed by atoms with van der Waals surface area (Å²) in [6, 6.07) is 6.28. The first-order chi connectivity index (χ1) is 13.1. The summed E-state index contributed by atoms with van der Waals surface area (Å²) in [5.41, 5.74) is -0.486. The van der Waals surface area contributed by atoms with E-state index in [1.165, 1.54) is 13.2 Å². The molecule has 4 atom stereocenters. The van der Waals surface area contributed by atoms with Crippen LogP contribution in [0.25, 0.3) is 0 Å². The van der Waals surface area contributed by atoms with E-state index in [1.807, 2.05) is 0 Å². The Kier molecular flexibility index (Phi) is 3.52. The van der Waals surface area contributed by atoms with Gasteiger partial charge >= 0.3 is 5.97 Å². The van der Waals surface area contributed by atoms with E-state index in [0.717, 1.165) is 4.90 Å². The lowest BCUT2D eigenvalue weighted by Gasteiger charge is -2.32. The standard InChI is InChI=1S/C19H17NO7/c1-24-17(23)10-3-2-4-11(9-10)20-15(21)13-12-5-6-19(27-12,14(13)16(20)22)18-25-7-8-26-18/h2-6,9,12-14,18H,7-8H2,1H3/t12-,13+,14-,19-/m1/s1. The Labute approximate surface area is 154 Å². The van der Waals surface area contributed by atoms with Crippen LogP contribution in [0.15, 0.2) is 36.4 Å². The molecule has 0 aromatic heterocycles. The number of nitrogens with zero attached hydrogens (tertiary/aromatic N) is 1. The Morgan fingerprint density at radius 3 is 2.74 bits per heavy atom. The van der Waals surface area contributed by atoms with Crippen molar-refractivity contribution < 1.29 is 33.3 Å². The topological polar surface area (TPSA) is 91.4 Å². The molecule has 4 aliphatic rings. The second-order valence-electron chi connectivity index (χ2n) is 6.93. The van der Waals surface area contributed by atoms with Gasteiger partial charge in [-0.25, -0.2) is 9.69 Å². The van der Waals surface area contributed by atoms with Crippen LogP contribution in [0.4, 0.5) is 5.69 Å². The summed E-state index contributed by atoms with van der Waals surface area (Å²) in [6.07, 6.45) is 2.38. The number of hydrogen-bond donors (Lipinski definition) is 0. The predicted octanol–water partition coefficient (Wildman–Crippen LogP) is 0.659. The molecule has 2 amide bonds. The van der Waals surface area contributed by atoms with Crippen molar-refractivity contribution in [2.75, 3.05) is 25.2 Å². The normalized spacial score (nSPS) is 34.6. The van der Waals surface area contributed by atoms with Gasteiger partial charge in [0.05, 0.1) is 49.5 Å². The highest BCUT2D eigenvalue weighted by Crippen LogP contribution is 2.55. The fourth-order valence-electron chi connectivity index (χ4n) is 4.47. The Bertz CT molecular complexity index is 875. The molecule has 3 saturated heterocycles. The smallest absolute Gasteiger partial charge is 0.337 e. The molecule has 3 fully saturated rings. The zero-order valence-corrected chi connectivity index (χ0v) is 14.5. The maximum atomic E-state index is 13.3. The molecule has 4 heterocycles. The zero-order valence-electron chi connectivity index (χ0n) is 14.5. The lowest BCUT2D eigenvalue weighted by atomic mass is 9.76. The molecule has 0 unspecified atom stereocenters. The summed E-state index contributed by atoms with van der Waals surface area (Å²) < 4.78 is 22.0. The van der Waals surface area contributed by atoms with Crippen molar-refractivity contribution in [2.45, 2.75) is 18.0 Å². The molecular weight excluding hydrogens is 354 g/mol. The highest BCUT2D eigenvalue weighted by Gasteiger charge is 2.71. The third-order valence-electron chi connectivity index (χ3n) is 5.59.